The zero-order valence-corrected chi connectivity index (χ0v) is 20.1. The number of oxazole rings is 1. The molecule has 1 aliphatic heterocycles. The van der Waals surface area contributed by atoms with Crippen LogP contribution in [0.2, 0.25) is 0 Å². The summed E-state index contributed by atoms with van der Waals surface area (Å²) in [5.41, 5.74) is 1.32. The van der Waals surface area contributed by atoms with E-state index in [9.17, 15) is 4.79 Å². The quantitative estimate of drug-likeness (QED) is 0.517. The zero-order valence-electron chi connectivity index (χ0n) is 20.1. The van der Waals surface area contributed by atoms with Gasteiger partial charge >= 0.3 is 0 Å². The van der Waals surface area contributed by atoms with E-state index in [1.807, 2.05) is 32.0 Å². The molecule has 1 amide bonds. The first-order valence-corrected chi connectivity index (χ1v) is 11.5. The summed E-state index contributed by atoms with van der Waals surface area (Å²) in [6, 6.07) is 5.96. The minimum atomic E-state index is -0.214. The molecule has 1 aromatic carbocycles. The highest BCUT2D eigenvalue weighted by molar-refractivity contribution is 5.92. The first-order chi connectivity index (χ1) is 16.0. The predicted molar refractivity (Wildman–Crippen MR) is 125 cm³/mol. The Bertz CT molecular complexity index is 881. The van der Waals surface area contributed by atoms with Crippen molar-refractivity contribution < 1.29 is 23.4 Å². The number of hydrogen-bond donors (Lipinski definition) is 1. The summed E-state index contributed by atoms with van der Waals surface area (Å²) < 4.78 is 22.2. The van der Waals surface area contributed by atoms with Crippen molar-refractivity contribution in [2.24, 2.45) is 0 Å². The summed E-state index contributed by atoms with van der Waals surface area (Å²) in [7, 11) is 3.28. The van der Waals surface area contributed by atoms with Crippen molar-refractivity contribution in [2.75, 3.05) is 53.6 Å². The van der Waals surface area contributed by atoms with E-state index in [0.717, 1.165) is 57.1 Å². The third-order valence-corrected chi connectivity index (χ3v) is 5.85. The third-order valence-electron chi connectivity index (χ3n) is 5.85. The largest absolute Gasteiger partial charge is 0.493 e. The molecule has 9 heteroatoms. The van der Waals surface area contributed by atoms with E-state index in [2.05, 4.69) is 20.1 Å². The van der Waals surface area contributed by atoms with Crippen molar-refractivity contribution in [3.8, 4) is 11.5 Å². The molecule has 1 unspecified atom stereocenters. The Morgan fingerprint density at radius 3 is 2.73 bits per heavy atom. The van der Waals surface area contributed by atoms with Crippen LogP contribution in [0, 0.1) is 0 Å². The Balaban J connectivity index is 1.73. The molecular weight excluding hydrogens is 424 g/mol. The van der Waals surface area contributed by atoms with E-state index in [1.165, 1.54) is 6.26 Å². The molecule has 1 atom stereocenters. The maximum atomic E-state index is 12.4. The van der Waals surface area contributed by atoms with Gasteiger partial charge in [0.25, 0.3) is 5.91 Å². The lowest BCUT2D eigenvalue weighted by atomic mass is 10.1. The zero-order chi connectivity index (χ0) is 23.6. The van der Waals surface area contributed by atoms with Crippen LogP contribution in [0.3, 0.4) is 0 Å². The molecule has 1 saturated heterocycles. The average molecular weight is 461 g/mol. The lowest BCUT2D eigenvalue weighted by Crippen LogP contribution is -2.41. The van der Waals surface area contributed by atoms with Crippen molar-refractivity contribution in [3.05, 3.63) is 41.6 Å². The summed E-state index contributed by atoms with van der Waals surface area (Å²) in [4.78, 5) is 21.5. The number of ether oxygens (including phenoxy) is 3. The highest BCUT2D eigenvalue weighted by Gasteiger charge is 2.20. The Morgan fingerprint density at radius 1 is 1.24 bits per heavy atom. The van der Waals surface area contributed by atoms with E-state index >= 15 is 0 Å². The SMILES string of the molecule is CCC(C)NC(=O)c1coc(CN(CCN2CCOCC2)Cc2cccc(OC)c2OC)n1. The normalized spacial score (nSPS) is 15.4. The standard InChI is InChI=1S/C24H36N4O5/c1-5-18(2)25-24(29)20-17-33-22(26-20)16-28(10-9-27-11-13-32-14-12-27)15-19-7-6-8-21(30-3)23(19)31-4/h6-8,17-18H,5,9-16H2,1-4H3,(H,25,29). The highest BCUT2D eigenvalue weighted by atomic mass is 16.5. The molecule has 0 saturated carbocycles. The molecule has 3 rings (SSSR count). The Kier molecular flexibility index (Phi) is 9.53. The highest BCUT2D eigenvalue weighted by Crippen LogP contribution is 2.31. The number of amides is 1. The number of methoxy groups -OCH3 is 2. The fraction of sp³-hybridized carbons (Fsp3) is 0.583. The van der Waals surface area contributed by atoms with Crippen LogP contribution in [0.25, 0.3) is 0 Å². The number of rotatable bonds is 12. The molecule has 1 aliphatic rings. The minimum absolute atomic E-state index is 0.0863. The monoisotopic (exact) mass is 460 g/mol. The molecule has 0 spiro atoms. The van der Waals surface area contributed by atoms with Crippen LogP contribution < -0.4 is 14.8 Å². The number of morpholine rings is 1. The fourth-order valence-corrected chi connectivity index (χ4v) is 3.72. The molecule has 1 N–H and O–H groups in total. The summed E-state index contributed by atoms with van der Waals surface area (Å²) in [6.45, 7) is 10.2. The smallest absolute Gasteiger partial charge is 0.273 e. The summed E-state index contributed by atoms with van der Waals surface area (Å²) >= 11 is 0. The van der Waals surface area contributed by atoms with E-state index in [0.29, 0.717) is 30.4 Å². The second-order valence-electron chi connectivity index (χ2n) is 8.23. The summed E-state index contributed by atoms with van der Waals surface area (Å²) in [5.74, 6) is 1.71. The number of carbonyl (C=O) groups is 1. The van der Waals surface area contributed by atoms with E-state index < -0.39 is 0 Å². The first kappa shape index (κ1) is 25.0. The number of para-hydroxylation sites is 1. The van der Waals surface area contributed by atoms with Crippen LogP contribution in [-0.2, 0) is 17.8 Å². The van der Waals surface area contributed by atoms with Gasteiger partial charge in [0.2, 0.25) is 5.89 Å². The van der Waals surface area contributed by atoms with Crippen LogP contribution >= 0.6 is 0 Å². The number of carbonyl (C=O) groups excluding carboxylic acids is 1. The van der Waals surface area contributed by atoms with Crippen molar-refractivity contribution in [3.63, 3.8) is 0 Å². The van der Waals surface area contributed by atoms with Crippen LogP contribution in [-0.4, -0.2) is 80.3 Å². The second-order valence-corrected chi connectivity index (χ2v) is 8.23. The number of hydrogen-bond acceptors (Lipinski definition) is 8. The van der Waals surface area contributed by atoms with Crippen LogP contribution in [0.5, 0.6) is 11.5 Å². The Labute approximate surface area is 196 Å². The van der Waals surface area contributed by atoms with Gasteiger partial charge in [0.1, 0.15) is 6.26 Å². The molecule has 0 radical (unpaired) electrons. The molecule has 1 fully saturated rings. The number of nitrogens with one attached hydrogen (secondary N) is 1. The van der Waals surface area contributed by atoms with Crippen molar-refractivity contribution in [2.45, 2.75) is 39.4 Å². The van der Waals surface area contributed by atoms with Crippen molar-refractivity contribution in [1.29, 1.82) is 0 Å². The van der Waals surface area contributed by atoms with Gasteiger partial charge in [0.15, 0.2) is 17.2 Å². The Morgan fingerprint density at radius 2 is 2.03 bits per heavy atom. The molecule has 1 aromatic heterocycles. The molecule has 182 valence electrons. The lowest BCUT2D eigenvalue weighted by molar-refractivity contribution is 0.0320. The second kappa shape index (κ2) is 12.6. The minimum Gasteiger partial charge on any atom is -0.493 e. The van der Waals surface area contributed by atoms with Gasteiger partial charge in [-0.25, -0.2) is 4.98 Å². The van der Waals surface area contributed by atoms with Gasteiger partial charge in [-0.3, -0.25) is 14.6 Å². The molecule has 33 heavy (non-hydrogen) atoms. The van der Waals surface area contributed by atoms with Crippen LogP contribution in [0.4, 0.5) is 0 Å². The topological polar surface area (TPSA) is 89.3 Å². The van der Waals surface area contributed by atoms with Crippen molar-refractivity contribution >= 4 is 5.91 Å². The molecule has 2 aromatic rings. The van der Waals surface area contributed by atoms with Gasteiger partial charge in [0, 0.05) is 44.3 Å². The summed E-state index contributed by atoms with van der Waals surface area (Å²) in [6.07, 6.45) is 2.29. The molecule has 2 heterocycles. The fourth-order valence-electron chi connectivity index (χ4n) is 3.72. The first-order valence-electron chi connectivity index (χ1n) is 11.5. The van der Waals surface area contributed by atoms with Crippen molar-refractivity contribution in [1.82, 2.24) is 20.1 Å². The average Bonchev–Trinajstić information content (AvgIpc) is 3.31. The van der Waals surface area contributed by atoms with Gasteiger partial charge in [-0.1, -0.05) is 19.1 Å². The van der Waals surface area contributed by atoms with Gasteiger partial charge < -0.3 is 23.9 Å². The van der Waals surface area contributed by atoms with Crippen LogP contribution in [0.1, 0.15) is 42.2 Å². The lowest BCUT2D eigenvalue weighted by Gasteiger charge is -2.30. The summed E-state index contributed by atoms with van der Waals surface area (Å²) in [5, 5.41) is 2.92. The third kappa shape index (κ3) is 7.18. The Hall–Kier alpha value is -2.62. The van der Waals surface area contributed by atoms with Gasteiger partial charge in [-0.15, -0.1) is 0 Å². The van der Waals surface area contributed by atoms with Crippen LogP contribution in [0.15, 0.2) is 28.9 Å². The van der Waals surface area contributed by atoms with Gasteiger partial charge in [-0.05, 0) is 19.4 Å². The number of benzene rings is 1. The van der Waals surface area contributed by atoms with E-state index in [-0.39, 0.29) is 11.9 Å². The van der Waals surface area contributed by atoms with E-state index in [1.54, 1.807) is 14.2 Å². The van der Waals surface area contributed by atoms with Gasteiger partial charge in [0.05, 0.1) is 34.0 Å². The molecule has 0 aliphatic carbocycles. The number of aromatic nitrogens is 1. The molecule has 9 nitrogen and oxygen atoms in total. The number of nitrogens with zero attached hydrogens (tertiary/aromatic N) is 3. The maximum absolute atomic E-state index is 12.4. The molecule has 0 bridgehead atoms. The van der Waals surface area contributed by atoms with E-state index in [4.69, 9.17) is 18.6 Å². The predicted octanol–water partition coefficient (Wildman–Crippen LogP) is 2.55. The molecular formula is C24H36N4O5. The van der Waals surface area contributed by atoms with Gasteiger partial charge in [-0.2, -0.15) is 0 Å². The maximum Gasteiger partial charge on any atom is 0.273 e.